The van der Waals surface area contributed by atoms with Crippen molar-refractivity contribution in [2.45, 2.75) is 46.5 Å². The highest BCUT2D eigenvalue weighted by molar-refractivity contribution is 14.0. The van der Waals surface area contributed by atoms with Crippen LogP contribution < -0.4 is 16.0 Å². The molecule has 0 unspecified atom stereocenters. The minimum atomic E-state index is 0. The summed E-state index contributed by atoms with van der Waals surface area (Å²) in [6.45, 7) is 10.1. The third kappa shape index (κ3) is 9.62. The lowest BCUT2D eigenvalue weighted by molar-refractivity contribution is 0.175. The molecule has 0 heterocycles. The van der Waals surface area contributed by atoms with Gasteiger partial charge in [0.2, 0.25) is 0 Å². The summed E-state index contributed by atoms with van der Waals surface area (Å²) in [5.74, 6) is 0.867. The highest BCUT2D eigenvalue weighted by Gasteiger charge is 2.25. The van der Waals surface area contributed by atoms with Gasteiger partial charge in [-0.15, -0.1) is 24.0 Å². The van der Waals surface area contributed by atoms with Gasteiger partial charge in [0.25, 0.3) is 0 Å². The molecule has 0 aliphatic rings. The second kappa shape index (κ2) is 15.1. The van der Waals surface area contributed by atoms with Gasteiger partial charge in [-0.3, -0.25) is 4.99 Å². The minimum absolute atomic E-state index is 0. The van der Waals surface area contributed by atoms with Crippen molar-refractivity contribution in [3.8, 4) is 0 Å². The van der Waals surface area contributed by atoms with Crippen LogP contribution in [0.15, 0.2) is 35.3 Å². The molecule has 26 heavy (non-hydrogen) atoms. The number of hydrogen-bond acceptors (Lipinski definition) is 3. The molecule has 0 fully saturated rings. The average molecular weight is 476 g/mol. The Balaban J connectivity index is 0.00000625. The monoisotopic (exact) mass is 476 g/mol. The summed E-state index contributed by atoms with van der Waals surface area (Å²) < 4.78 is 0. The molecule has 0 bridgehead atoms. The molecule has 0 saturated carbocycles. The third-order valence-corrected chi connectivity index (χ3v) is 4.81. The van der Waals surface area contributed by atoms with Crippen molar-refractivity contribution >= 4 is 35.6 Å². The molecule has 0 aromatic heterocycles. The van der Waals surface area contributed by atoms with E-state index in [9.17, 15) is 5.11 Å². The zero-order valence-corrected chi connectivity index (χ0v) is 18.9. The van der Waals surface area contributed by atoms with Gasteiger partial charge in [-0.25, -0.2) is 0 Å². The number of para-hydroxylation sites is 1. The third-order valence-electron chi connectivity index (χ3n) is 4.81. The van der Waals surface area contributed by atoms with Crippen LogP contribution in [0.1, 0.15) is 46.5 Å². The van der Waals surface area contributed by atoms with Crippen LogP contribution in [0.25, 0.3) is 0 Å². The lowest BCUT2D eigenvalue weighted by Gasteiger charge is -2.29. The maximum Gasteiger partial charge on any atom is 0.191 e. The molecule has 0 aliphatic carbocycles. The predicted octanol–water partition coefficient (Wildman–Crippen LogP) is 3.85. The van der Waals surface area contributed by atoms with E-state index in [0.29, 0.717) is 0 Å². The molecule has 1 rings (SSSR count). The first-order valence-electron chi connectivity index (χ1n) is 9.61. The van der Waals surface area contributed by atoms with Gasteiger partial charge < -0.3 is 21.1 Å². The molecule has 0 saturated heterocycles. The Morgan fingerprint density at radius 1 is 1.04 bits per heavy atom. The molecule has 0 radical (unpaired) electrons. The average Bonchev–Trinajstić information content (AvgIpc) is 2.65. The number of nitrogens with one attached hydrogen (secondary N) is 3. The van der Waals surface area contributed by atoms with Crippen LogP contribution in [0.4, 0.5) is 5.69 Å². The van der Waals surface area contributed by atoms with E-state index in [0.717, 1.165) is 63.5 Å². The first-order valence-corrected chi connectivity index (χ1v) is 9.61. The molecule has 0 atom stereocenters. The van der Waals surface area contributed by atoms with E-state index < -0.39 is 0 Å². The number of anilines is 1. The lowest BCUT2D eigenvalue weighted by Crippen LogP contribution is -2.39. The van der Waals surface area contributed by atoms with Crippen LogP contribution in [-0.4, -0.2) is 43.9 Å². The molecule has 5 nitrogen and oxygen atoms in total. The number of aliphatic hydroxyl groups is 1. The first kappa shape index (κ1) is 25.0. The fourth-order valence-electron chi connectivity index (χ4n) is 2.82. The molecule has 4 N–H and O–H groups in total. The van der Waals surface area contributed by atoms with Crippen molar-refractivity contribution in [1.82, 2.24) is 10.6 Å². The summed E-state index contributed by atoms with van der Waals surface area (Å²) >= 11 is 0. The van der Waals surface area contributed by atoms with Gasteiger partial charge in [-0.2, -0.15) is 0 Å². The van der Waals surface area contributed by atoms with Crippen LogP contribution in [0.2, 0.25) is 0 Å². The van der Waals surface area contributed by atoms with Gasteiger partial charge in [0.05, 0.1) is 0 Å². The number of guanidine groups is 1. The van der Waals surface area contributed by atoms with Crippen LogP contribution >= 0.6 is 24.0 Å². The van der Waals surface area contributed by atoms with Crippen molar-refractivity contribution in [1.29, 1.82) is 0 Å². The van der Waals surface area contributed by atoms with E-state index in [-0.39, 0.29) is 36.0 Å². The van der Waals surface area contributed by atoms with Gasteiger partial charge in [0.1, 0.15) is 0 Å². The smallest absolute Gasteiger partial charge is 0.191 e. The molecule has 1 aromatic carbocycles. The topological polar surface area (TPSA) is 68.7 Å². The van der Waals surface area contributed by atoms with E-state index in [1.807, 2.05) is 18.2 Å². The van der Waals surface area contributed by atoms with Gasteiger partial charge in [-0.1, -0.05) is 32.0 Å². The van der Waals surface area contributed by atoms with E-state index in [4.69, 9.17) is 4.99 Å². The van der Waals surface area contributed by atoms with Crippen LogP contribution in [0, 0.1) is 5.41 Å². The molecule has 150 valence electrons. The number of hydrogen-bond donors (Lipinski definition) is 4. The molecule has 0 aliphatic heterocycles. The quantitative estimate of drug-likeness (QED) is 0.160. The van der Waals surface area contributed by atoms with Crippen LogP contribution in [0.3, 0.4) is 0 Å². The Kier molecular flexibility index (Phi) is 14.5. The molecule has 0 amide bonds. The zero-order valence-electron chi connectivity index (χ0n) is 16.6. The highest BCUT2D eigenvalue weighted by Crippen LogP contribution is 2.30. The molecule has 1 aromatic rings. The number of nitrogens with zero attached hydrogens (tertiary/aromatic N) is 1. The normalized spacial score (nSPS) is 11.6. The van der Waals surface area contributed by atoms with E-state index in [2.05, 4.69) is 48.9 Å². The van der Waals surface area contributed by atoms with Crippen LogP contribution in [0.5, 0.6) is 0 Å². The van der Waals surface area contributed by atoms with Crippen molar-refractivity contribution in [3.63, 3.8) is 0 Å². The Bertz CT molecular complexity index is 478. The first-order chi connectivity index (χ1) is 12.2. The second-order valence-corrected chi connectivity index (χ2v) is 6.45. The summed E-state index contributed by atoms with van der Waals surface area (Å²) in [6, 6.07) is 10.3. The summed E-state index contributed by atoms with van der Waals surface area (Å²) in [5, 5.41) is 19.5. The maximum absolute atomic E-state index is 9.34. The standard InChI is InChI=1S/C20H36N4O.HI/c1-4-20(5-2,13-16-25)17-24-19(21-6-3)23-15-10-14-22-18-11-8-7-9-12-18;/h7-9,11-12,22,25H,4-6,10,13-17H2,1-3H3,(H2,21,23,24);1H. The Morgan fingerprint density at radius 3 is 2.31 bits per heavy atom. The number of halogens is 1. The van der Waals surface area contributed by atoms with Crippen LogP contribution in [-0.2, 0) is 0 Å². The lowest BCUT2D eigenvalue weighted by atomic mass is 9.79. The SMILES string of the molecule is CCNC(=NCC(CC)(CC)CCO)NCCCNc1ccccc1.I. The maximum atomic E-state index is 9.34. The number of rotatable bonds is 12. The fourth-order valence-corrected chi connectivity index (χ4v) is 2.82. The summed E-state index contributed by atoms with van der Waals surface area (Å²) in [6.07, 6.45) is 3.90. The van der Waals surface area contributed by atoms with Gasteiger partial charge in [0, 0.05) is 38.5 Å². The van der Waals surface area contributed by atoms with E-state index >= 15 is 0 Å². The summed E-state index contributed by atoms with van der Waals surface area (Å²) in [7, 11) is 0. The zero-order chi connectivity index (χ0) is 18.4. The Morgan fingerprint density at radius 2 is 1.73 bits per heavy atom. The van der Waals surface area contributed by atoms with Crippen molar-refractivity contribution in [2.75, 3.05) is 38.1 Å². The van der Waals surface area contributed by atoms with Crippen molar-refractivity contribution in [3.05, 3.63) is 30.3 Å². The van der Waals surface area contributed by atoms with Gasteiger partial charge in [-0.05, 0) is 50.2 Å². The Labute approximate surface area is 176 Å². The fraction of sp³-hybridized carbons (Fsp3) is 0.650. The molecular formula is C20H37IN4O. The molecular weight excluding hydrogens is 439 g/mol. The van der Waals surface area contributed by atoms with E-state index in [1.165, 1.54) is 0 Å². The van der Waals surface area contributed by atoms with Gasteiger partial charge >= 0.3 is 0 Å². The highest BCUT2D eigenvalue weighted by atomic mass is 127. The summed E-state index contributed by atoms with van der Waals surface area (Å²) in [4.78, 5) is 4.76. The number of aliphatic imine (C=N–C) groups is 1. The van der Waals surface area contributed by atoms with E-state index in [1.54, 1.807) is 0 Å². The summed E-state index contributed by atoms with van der Waals surface area (Å²) in [5.41, 5.74) is 1.26. The molecule has 0 spiro atoms. The Hall–Kier alpha value is -1.02. The van der Waals surface area contributed by atoms with Gasteiger partial charge in [0.15, 0.2) is 5.96 Å². The number of benzene rings is 1. The van der Waals surface area contributed by atoms with Crippen molar-refractivity contribution < 1.29 is 5.11 Å². The van der Waals surface area contributed by atoms with Crippen molar-refractivity contribution in [2.24, 2.45) is 10.4 Å². The second-order valence-electron chi connectivity index (χ2n) is 6.45. The molecule has 6 heteroatoms. The number of aliphatic hydroxyl groups excluding tert-OH is 1. The predicted molar refractivity (Wildman–Crippen MR) is 124 cm³/mol. The minimum Gasteiger partial charge on any atom is -0.396 e. The largest absolute Gasteiger partial charge is 0.396 e.